The SMILES string of the molecule is COC(=O)C1=C(CN2CCN3C(=O)N(c4ccc(/C=C/C(=O)O)cc4)C[C@@H]3C2)NC(c2nccs2)=N[C@H]1c1cccc(F)c1Cl. The van der Waals surface area contributed by atoms with Crippen LogP contribution >= 0.6 is 22.9 Å². The van der Waals surface area contributed by atoms with Gasteiger partial charge in [-0.2, -0.15) is 0 Å². The number of thiazole rings is 1. The lowest BCUT2D eigenvalue weighted by Gasteiger charge is -2.38. The van der Waals surface area contributed by atoms with Crippen LogP contribution in [0.4, 0.5) is 14.9 Å². The molecule has 3 aromatic rings. The van der Waals surface area contributed by atoms with Crippen LogP contribution in [-0.4, -0.2) is 89.6 Å². The summed E-state index contributed by atoms with van der Waals surface area (Å²) in [4.78, 5) is 52.3. The number of aromatic nitrogens is 1. The molecule has 2 amide bonds. The lowest BCUT2D eigenvalue weighted by molar-refractivity contribution is -0.136. The molecule has 0 spiro atoms. The zero-order valence-corrected chi connectivity index (χ0v) is 25.6. The number of carbonyl (C=O) groups is 3. The number of aliphatic carboxylic acids is 1. The average Bonchev–Trinajstić information content (AvgIpc) is 3.69. The van der Waals surface area contributed by atoms with Crippen LogP contribution in [0, 0.1) is 5.82 Å². The number of carboxylic acids is 1. The van der Waals surface area contributed by atoms with Gasteiger partial charge in [0.25, 0.3) is 0 Å². The van der Waals surface area contributed by atoms with E-state index < -0.39 is 23.8 Å². The van der Waals surface area contributed by atoms with Crippen LogP contribution < -0.4 is 10.2 Å². The number of methoxy groups -OCH3 is 1. The first kappa shape index (κ1) is 30.4. The monoisotopic (exact) mass is 650 g/mol. The molecule has 0 aliphatic carbocycles. The van der Waals surface area contributed by atoms with E-state index >= 15 is 0 Å². The second-order valence-electron chi connectivity index (χ2n) is 10.6. The van der Waals surface area contributed by atoms with Crippen molar-refractivity contribution in [3.63, 3.8) is 0 Å². The van der Waals surface area contributed by atoms with Gasteiger partial charge in [0.2, 0.25) is 0 Å². The number of aliphatic imine (C=N–C) groups is 1. The number of rotatable bonds is 8. The Labute approximate surface area is 266 Å². The number of ether oxygens (including phenoxy) is 1. The van der Waals surface area contributed by atoms with Crippen LogP contribution in [0.1, 0.15) is 22.2 Å². The van der Waals surface area contributed by atoms with E-state index in [1.54, 1.807) is 41.4 Å². The van der Waals surface area contributed by atoms with Crippen LogP contribution in [0.3, 0.4) is 0 Å². The van der Waals surface area contributed by atoms with E-state index in [0.29, 0.717) is 60.4 Å². The van der Waals surface area contributed by atoms with E-state index in [4.69, 9.17) is 26.4 Å². The number of amides is 2. The molecule has 3 aliphatic rings. The Kier molecular flexibility index (Phi) is 8.65. The number of hydrogen-bond acceptors (Lipinski definition) is 9. The van der Waals surface area contributed by atoms with Gasteiger partial charge in [-0.3, -0.25) is 14.8 Å². The molecular weight excluding hydrogens is 623 g/mol. The Morgan fingerprint density at radius 1 is 1.20 bits per heavy atom. The normalized spacial score (nSPS) is 20.3. The zero-order chi connectivity index (χ0) is 31.7. The molecular formula is C31H28ClFN6O5S. The van der Waals surface area contributed by atoms with Gasteiger partial charge in [0.15, 0.2) is 10.8 Å². The molecule has 4 heterocycles. The minimum absolute atomic E-state index is 0.0993. The Morgan fingerprint density at radius 2 is 2.00 bits per heavy atom. The second-order valence-corrected chi connectivity index (χ2v) is 11.9. The molecule has 2 atom stereocenters. The minimum atomic E-state index is -1.03. The topological polar surface area (TPSA) is 128 Å². The highest BCUT2D eigenvalue weighted by Gasteiger charge is 2.42. The molecule has 0 unspecified atom stereocenters. The van der Waals surface area contributed by atoms with E-state index in [1.807, 2.05) is 10.3 Å². The molecule has 6 rings (SSSR count). The van der Waals surface area contributed by atoms with E-state index in [0.717, 1.165) is 11.8 Å². The summed E-state index contributed by atoms with van der Waals surface area (Å²) in [5.41, 5.74) is 2.51. The van der Waals surface area contributed by atoms with Crippen LogP contribution in [0.25, 0.3) is 6.08 Å². The summed E-state index contributed by atoms with van der Waals surface area (Å²) in [6, 6.07) is 10.4. The highest BCUT2D eigenvalue weighted by Crippen LogP contribution is 2.38. The van der Waals surface area contributed by atoms with E-state index in [1.165, 1.54) is 36.7 Å². The third-order valence-electron chi connectivity index (χ3n) is 7.88. The Bertz CT molecular complexity index is 1730. The van der Waals surface area contributed by atoms with Crippen molar-refractivity contribution >= 4 is 58.5 Å². The standard InChI is InChI=1S/C31H28ClFN6O5S/c1-44-30(42)25-23(35-28(29-34-11-14-45-29)36-27(25)21-3-2-4-22(33)26(21)32)17-37-12-13-38-20(15-37)16-39(31(38)43)19-8-5-18(6-9-19)7-10-24(40)41/h2-11,14,20,27H,12-13,15-17H2,1H3,(H,35,36)(H,40,41)/b10-7+/t20-,27-/m0/s1. The predicted octanol–water partition coefficient (Wildman–Crippen LogP) is 4.18. The smallest absolute Gasteiger partial charge is 0.338 e. The van der Waals surface area contributed by atoms with Crippen molar-refractivity contribution in [2.24, 2.45) is 4.99 Å². The lowest BCUT2D eigenvalue weighted by atomic mass is 9.95. The van der Waals surface area contributed by atoms with Crippen molar-refractivity contribution in [1.29, 1.82) is 0 Å². The van der Waals surface area contributed by atoms with Crippen LogP contribution in [0.15, 0.2) is 76.4 Å². The Balaban J connectivity index is 1.26. The molecule has 2 fully saturated rings. The summed E-state index contributed by atoms with van der Waals surface area (Å²) in [5, 5.41) is 14.4. The second kappa shape index (κ2) is 12.8. The number of benzene rings is 2. The molecule has 14 heteroatoms. The van der Waals surface area contributed by atoms with E-state index in [9.17, 15) is 18.8 Å². The number of nitrogens with zero attached hydrogens (tertiary/aromatic N) is 5. The Hall–Kier alpha value is -4.59. The third kappa shape index (κ3) is 6.19. The summed E-state index contributed by atoms with van der Waals surface area (Å²) in [6.45, 7) is 2.33. The molecule has 2 saturated heterocycles. The lowest BCUT2D eigenvalue weighted by Crippen LogP contribution is -2.53. The van der Waals surface area contributed by atoms with Gasteiger partial charge in [0.1, 0.15) is 11.9 Å². The molecule has 0 saturated carbocycles. The maximum Gasteiger partial charge on any atom is 0.338 e. The summed E-state index contributed by atoms with van der Waals surface area (Å²) in [6.07, 6.45) is 4.21. The number of carbonyl (C=O) groups excluding carboxylic acids is 2. The van der Waals surface area contributed by atoms with E-state index in [2.05, 4.69) is 15.2 Å². The number of amidine groups is 1. The molecule has 0 radical (unpaired) electrons. The van der Waals surface area contributed by atoms with Gasteiger partial charge in [0.05, 0.1) is 23.7 Å². The Morgan fingerprint density at radius 3 is 2.71 bits per heavy atom. The summed E-state index contributed by atoms with van der Waals surface area (Å²) >= 11 is 7.77. The number of nitrogens with one attached hydrogen (secondary N) is 1. The van der Waals surface area contributed by atoms with Crippen LogP contribution in [-0.2, 0) is 14.3 Å². The fourth-order valence-electron chi connectivity index (χ4n) is 5.76. The number of fused-ring (bicyclic) bond motifs is 1. The largest absolute Gasteiger partial charge is 0.478 e. The first-order valence-corrected chi connectivity index (χ1v) is 15.3. The van der Waals surface area contributed by atoms with E-state index in [-0.39, 0.29) is 22.7 Å². The summed E-state index contributed by atoms with van der Waals surface area (Å²) in [7, 11) is 1.28. The van der Waals surface area contributed by atoms with Gasteiger partial charge in [-0.1, -0.05) is 35.9 Å². The molecule has 11 nitrogen and oxygen atoms in total. The van der Waals surface area contributed by atoms with Crippen molar-refractivity contribution in [3.8, 4) is 0 Å². The third-order valence-corrected chi connectivity index (χ3v) is 9.06. The number of hydrogen-bond donors (Lipinski definition) is 2. The summed E-state index contributed by atoms with van der Waals surface area (Å²) < 4.78 is 19.7. The maximum absolute atomic E-state index is 14.6. The van der Waals surface area contributed by atoms with Crippen molar-refractivity contribution in [3.05, 3.63) is 98.4 Å². The van der Waals surface area contributed by atoms with Crippen LogP contribution in [0.5, 0.6) is 0 Å². The fourth-order valence-corrected chi connectivity index (χ4v) is 6.58. The first-order chi connectivity index (χ1) is 21.7. The molecule has 2 aromatic carbocycles. The zero-order valence-electron chi connectivity index (χ0n) is 24.0. The van der Waals surface area contributed by atoms with Crippen molar-refractivity contribution in [2.45, 2.75) is 12.1 Å². The summed E-state index contributed by atoms with van der Waals surface area (Å²) in [5.74, 6) is -1.84. The molecule has 0 bridgehead atoms. The fraction of sp³-hybridized carbons (Fsp3) is 0.258. The average molecular weight is 651 g/mol. The maximum atomic E-state index is 14.6. The highest BCUT2D eigenvalue weighted by atomic mass is 35.5. The van der Waals surface area contributed by atoms with Gasteiger partial charge >= 0.3 is 18.0 Å². The predicted molar refractivity (Wildman–Crippen MR) is 168 cm³/mol. The number of halogens is 2. The van der Waals surface area contributed by atoms with Gasteiger partial charge in [0, 0.05) is 67.3 Å². The number of anilines is 1. The van der Waals surface area contributed by atoms with Gasteiger partial charge in [-0.15, -0.1) is 11.3 Å². The van der Waals surface area contributed by atoms with Crippen molar-refractivity contribution in [2.75, 3.05) is 44.7 Å². The first-order valence-electron chi connectivity index (χ1n) is 14.0. The number of esters is 1. The van der Waals surface area contributed by atoms with Crippen LogP contribution in [0.2, 0.25) is 5.02 Å². The van der Waals surface area contributed by atoms with Gasteiger partial charge < -0.3 is 20.1 Å². The highest BCUT2D eigenvalue weighted by molar-refractivity contribution is 7.11. The minimum Gasteiger partial charge on any atom is -0.478 e. The molecule has 45 heavy (non-hydrogen) atoms. The van der Waals surface area contributed by atoms with Crippen molar-refractivity contribution < 1.29 is 28.6 Å². The van der Waals surface area contributed by atoms with Gasteiger partial charge in [-0.25, -0.2) is 23.8 Å². The number of carboxylic acid groups (broad SMARTS) is 1. The number of urea groups is 1. The molecule has 232 valence electrons. The molecule has 1 aromatic heterocycles. The number of piperazine rings is 1. The molecule has 3 aliphatic heterocycles. The molecule has 2 N–H and O–H groups in total. The quantitative estimate of drug-likeness (QED) is 0.275. The van der Waals surface area contributed by atoms with Gasteiger partial charge in [-0.05, 0) is 29.8 Å². The van der Waals surface area contributed by atoms with Crippen molar-refractivity contribution in [1.82, 2.24) is 20.1 Å².